The Balaban J connectivity index is 3.01. The molecule has 0 spiro atoms. The largest absolute Gasteiger partial charge is 0.328 e. The third kappa shape index (κ3) is 2.18. The Morgan fingerprint density at radius 3 is 2.91 bits per heavy atom. The summed E-state index contributed by atoms with van der Waals surface area (Å²) in [6, 6.07) is 5.92. The fraction of sp³-hybridized carbons (Fsp3) is 0.125. The average Bonchev–Trinajstić information content (AvgIpc) is 1.98. The Kier molecular flexibility index (Phi) is 2.87. The van der Waals surface area contributed by atoms with Crippen molar-refractivity contribution in [3.05, 3.63) is 27.3 Å². The van der Waals surface area contributed by atoms with Crippen LogP contribution in [0.5, 0.6) is 0 Å². The van der Waals surface area contributed by atoms with Gasteiger partial charge in [0.1, 0.15) is 0 Å². The molecule has 0 saturated carbocycles. The van der Waals surface area contributed by atoms with Gasteiger partial charge in [-0.15, -0.1) is 0 Å². The highest BCUT2D eigenvalue weighted by Crippen LogP contribution is 2.16. The molecule has 0 fully saturated rings. The van der Waals surface area contributed by atoms with Crippen LogP contribution in [-0.2, 0) is 4.79 Å². The van der Waals surface area contributed by atoms with Crippen LogP contribution in [-0.4, -0.2) is 6.41 Å². The summed E-state index contributed by atoms with van der Waals surface area (Å²) >= 11 is 2.21. The minimum atomic E-state index is 0.693. The first-order valence-electron chi connectivity index (χ1n) is 3.20. The molecule has 0 heterocycles. The smallest absolute Gasteiger partial charge is 0.211 e. The van der Waals surface area contributed by atoms with Gasteiger partial charge in [0.2, 0.25) is 6.41 Å². The summed E-state index contributed by atoms with van der Waals surface area (Å²) in [6.07, 6.45) is 0.693. The maximum Gasteiger partial charge on any atom is 0.211 e. The van der Waals surface area contributed by atoms with Crippen LogP contribution in [0.15, 0.2) is 18.2 Å². The van der Waals surface area contributed by atoms with E-state index in [1.807, 2.05) is 25.1 Å². The molecule has 1 aromatic carbocycles. The number of nitrogens with one attached hydrogen (secondary N) is 1. The molecule has 2 nitrogen and oxygen atoms in total. The van der Waals surface area contributed by atoms with Crippen molar-refractivity contribution in [1.82, 2.24) is 0 Å². The molecule has 0 radical (unpaired) electrons. The molecule has 1 amide bonds. The zero-order chi connectivity index (χ0) is 8.27. The van der Waals surface area contributed by atoms with Crippen molar-refractivity contribution in [2.45, 2.75) is 6.92 Å². The van der Waals surface area contributed by atoms with Gasteiger partial charge in [0.05, 0.1) is 0 Å². The van der Waals surface area contributed by atoms with Crippen molar-refractivity contribution in [2.24, 2.45) is 0 Å². The highest BCUT2D eigenvalue weighted by molar-refractivity contribution is 14.1. The van der Waals surface area contributed by atoms with Gasteiger partial charge in [-0.05, 0) is 47.2 Å². The van der Waals surface area contributed by atoms with Gasteiger partial charge < -0.3 is 5.32 Å². The number of benzene rings is 1. The molecule has 0 aliphatic heterocycles. The first-order valence-corrected chi connectivity index (χ1v) is 4.28. The molecule has 0 atom stereocenters. The van der Waals surface area contributed by atoms with E-state index in [0.29, 0.717) is 6.41 Å². The number of halogens is 1. The average molecular weight is 261 g/mol. The highest BCUT2D eigenvalue weighted by atomic mass is 127. The van der Waals surface area contributed by atoms with Gasteiger partial charge in [0.15, 0.2) is 0 Å². The molecular formula is C8H8INO. The van der Waals surface area contributed by atoms with E-state index in [9.17, 15) is 4.79 Å². The third-order valence-electron chi connectivity index (χ3n) is 1.41. The maximum atomic E-state index is 10.1. The second-order valence-electron chi connectivity index (χ2n) is 2.22. The molecule has 1 N–H and O–H groups in total. The second-order valence-corrected chi connectivity index (χ2v) is 3.47. The van der Waals surface area contributed by atoms with E-state index in [0.717, 1.165) is 14.8 Å². The van der Waals surface area contributed by atoms with Crippen molar-refractivity contribution >= 4 is 34.7 Å². The Morgan fingerprint density at radius 2 is 2.27 bits per heavy atom. The van der Waals surface area contributed by atoms with Gasteiger partial charge in [-0.1, -0.05) is 6.07 Å². The summed E-state index contributed by atoms with van der Waals surface area (Å²) in [4.78, 5) is 10.1. The minimum absolute atomic E-state index is 0.693. The zero-order valence-corrected chi connectivity index (χ0v) is 8.25. The lowest BCUT2D eigenvalue weighted by Gasteiger charge is -2.02. The predicted octanol–water partition coefficient (Wildman–Crippen LogP) is 2.17. The molecule has 3 heteroatoms. The highest BCUT2D eigenvalue weighted by Gasteiger charge is 1.95. The first kappa shape index (κ1) is 8.52. The monoisotopic (exact) mass is 261 g/mol. The fourth-order valence-electron chi connectivity index (χ4n) is 0.813. The summed E-state index contributed by atoms with van der Waals surface area (Å²) < 4.78 is 1.12. The van der Waals surface area contributed by atoms with Crippen LogP contribution >= 0.6 is 22.6 Å². The second kappa shape index (κ2) is 3.71. The number of carbonyl (C=O) groups excluding carboxylic acids is 1. The van der Waals surface area contributed by atoms with Gasteiger partial charge in [0, 0.05) is 9.26 Å². The Morgan fingerprint density at radius 1 is 1.55 bits per heavy atom. The van der Waals surface area contributed by atoms with E-state index in [-0.39, 0.29) is 0 Å². The van der Waals surface area contributed by atoms with Crippen molar-refractivity contribution < 1.29 is 4.79 Å². The van der Waals surface area contributed by atoms with E-state index >= 15 is 0 Å². The van der Waals surface area contributed by atoms with Crippen LogP contribution in [0.4, 0.5) is 5.69 Å². The Bertz CT molecular complexity index is 273. The minimum Gasteiger partial charge on any atom is -0.328 e. The molecule has 0 aromatic heterocycles. The van der Waals surface area contributed by atoms with Gasteiger partial charge in [-0.2, -0.15) is 0 Å². The maximum absolute atomic E-state index is 10.1. The Labute approximate surface area is 79.1 Å². The zero-order valence-electron chi connectivity index (χ0n) is 6.10. The topological polar surface area (TPSA) is 29.1 Å². The Hall–Kier alpha value is -0.580. The van der Waals surface area contributed by atoms with Gasteiger partial charge in [-0.3, -0.25) is 4.79 Å². The molecule has 1 aromatic rings. The lowest BCUT2D eigenvalue weighted by Crippen LogP contribution is -1.96. The van der Waals surface area contributed by atoms with E-state index in [1.54, 1.807) is 0 Å². The van der Waals surface area contributed by atoms with Crippen LogP contribution in [0.1, 0.15) is 5.56 Å². The summed E-state index contributed by atoms with van der Waals surface area (Å²) in [6.45, 7) is 1.96. The van der Waals surface area contributed by atoms with E-state index in [1.165, 1.54) is 0 Å². The van der Waals surface area contributed by atoms with Crippen molar-refractivity contribution in [1.29, 1.82) is 0 Å². The molecule has 0 saturated heterocycles. The number of hydrogen-bond donors (Lipinski definition) is 1. The van der Waals surface area contributed by atoms with Gasteiger partial charge in [0.25, 0.3) is 0 Å². The summed E-state index contributed by atoms with van der Waals surface area (Å²) in [5.74, 6) is 0. The van der Waals surface area contributed by atoms with Gasteiger partial charge >= 0.3 is 0 Å². The van der Waals surface area contributed by atoms with Crippen LogP contribution in [0.2, 0.25) is 0 Å². The van der Waals surface area contributed by atoms with Crippen LogP contribution in [0, 0.1) is 10.5 Å². The molecule has 0 unspecified atom stereocenters. The van der Waals surface area contributed by atoms with Crippen molar-refractivity contribution in [3.8, 4) is 0 Å². The number of hydrogen-bond acceptors (Lipinski definition) is 1. The lowest BCUT2D eigenvalue weighted by molar-refractivity contribution is -0.105. The van der Waals surface area contributed by atoms with E-state index < -0.39 is 0 Å². The van der Waals surface area contributed by atoms with Crippen molar-refractivity contribution in [2.75, 3.05) is 5.32 Å². The number of carbonyl (C=O) groups is 1. The SMILES string of the molecule is Cc1ccc(I)cc1NC=O. The number of aryl methyl sites for hydroxylation is 1. The molecule has 1 rings (SSSR count). The van der Waals surface area contributed by atoms with Gasteiger partial charge in [-0.25, -0.2) is 0 Å². The molecule has 58 valence electrons. The summed E-state index contributed by atoms with van der Waals surface area (Å²) in [5, 5.41) is 2.63. The molecule has 0 bridgehead atoms. The standard InChI is InChI=1S/C8H8INO/c1-6-2-3-7(9)4-8(6)10-5-11/h2-5H,1H3,(H,10,11). The van der Waals surface area contributed by atoms with E-state index in [2.05, 4.69) is 27.9 Å². The summed E-state index contributed by atoms with van der Waals surface area (Å²) in [7, 11) is 0. The third-order valence-corrected chi connectivity index (χ3v) is 2.09. The molecule has 0 aliphatic rings. The number of anilines is 1. The molecular weight excluding hydrogens is 253 g/mol. The molecule has 0 aliphatic carbocycles. The first-order chi connectivity index (χ1) is 5.24. The number of rotatable bonds is 2. The van der Waals surface area contributed by atoms with Crippen LogP contribution < -0.4 is 5.32 Å². The van der Waals surface area contributed by atoms with Crippen molar-refractivity contribution in [3.63, 3.8) is 0 Å². The quantitative estimate of drug-likeness (QED) is 0.641. The van der Waals surface area contributed by atoms with Crippen LogP contribution in [0.3, 0.4) is 0 Å². The lowest BCUT2D eigenvalue weighted by atomic mass is 10.2. The summed E-state index contributed by atoms with van der Waals surface area (Å²) in [5.41, 5.74) is 1.96. The molecule has 11 heavy (non-hydrogen) atoms. The van der Waals surface area contributed by atoms with Crippen LogP contribution in [0.25, 0.3) is 0 Å². The predicted molar refractivity (Wildman–Crippen MR) is 53.6 cm³/mol. The normalized spacial score (nSPS) is 9.27. The van der Waals surface area contributed by atoms with E-state index in [4.69, 9.17) is 0 Å². The fourth-order valence-corrected chi connectivity index (χ4v) is 1.30. The number of amides is 1.